The van der Waals surface area contributed by atoms with Gasteiger partial charge < -0.3 is 9.47 Å². The number of aryl methyl sites for hydroxylation is 1. The molecule has 136 valence electrons. The molecule has 3 rings (SSSR count). The first-order valence-electron chi connectivity index (χ1n) is 7.90. The first-order chi connectivity index (χ1) is 13.2. The Labute approximate surface area is 169 Å². The Balaban J connectivity index is 1.53. The van der Waals surface area contributed by atoms with E-state index in [0.717, 1.165) is 17.0 Å². The van der Waals surface area contributed by atoms with Gasteiger partial charge in [-0.3, -0.25) is 0 Å². The van der Waals surface area contributed by atoms with E-state index in [1.807, 2.05) is 55.5 Å². The van der Waals surface area contributed by atoms with Crippen molar-refractivity contribution < 1.29 is 9.47 Å². The van der Waals surface area contributed by atoms with Gasteiger partial charge in [-0.2, -0.15) is 9.38 Å². The van der Waals surface area contributed by atoms with E-state index < -0.39 is 0 Å². The highest BCUT2D eigenvalue weighted by atomic mass is 79.9. The Morgan fingerprint density at radius 3 is 2.74 bits per heavy atom. The number of ether oxygens (including phenoxy) is 2. The fraction of sp³-hybridized carbons (Fsp3) is 0.0526. The standard InChI is InChI=1S/C19H15BrN4O2S/c1-14-11-15(7-8-17(14)26-19-21-10-9-18(20)24-19)22-13-27-23-12-25-16-5-3-2-4-6-16/h2-13H,1H3. The summed E-state index contributed by atoms with van der Waals surface area (Å²) in [7, 11) is 0. The van der Waals surface area contributed by atoms with E-state index >= 15 is 0 Å². The third-order valence-electron chi connectivity index (χ3n) is 3.24. The van der Waals surface area contributed by atoms with Crippen molar-refractivity contribution in [2.24, 2.45) is 9.39 Å². The van der Waals surface area contributed by atoms with E-state index in [0.29, 0.717) is 10.4 Å². The van der Waals surface area contributed by atoms with Crippen LogP contribution in [0.3, 0.4) is 0 Å². The third-order valence-corrected chi connectivity index (χ3v) is 4.09. The number of hydrogen-bond acceptors (Lipinski definition) is 7. The lowest BCUT2D eigenvalue weighted by molar-refractivity contribution is 0.437. The predicted octanol–water partition coefficient (Wildman–Crippen LogP) is 5.76. The lowest BCUT2D eigenvalue weighted by Gasteiger charge is -2.07. The Morgan fingerprint density at radius 2 is 1.96 bits per heavy atom. The Morgan fingerprint density at radius 1 is 1.11 bits per heavy atom. The molecule has 0 N–H and O–H groups in total. The number of aliphatic imine (C=N–C) groups is 1. The second-order valence-electron chi connectivity index (χ2n) is 5.20. The number of rotatable bonds is 7. The number of hydrogen-bond donors (Lipinski definition) is 0. The largest absolute Gasteiger partial charge is 0.445 e. The van der Waals surface area contributed by atoms with Crippen LogP contribution >= 0.6 is 27.9 Å². The molecule has 0 aliphatic rings. The van der Waals surface area contributed by atoms with Crippen LogP contribution in [-0.2, 0) is 0 Å². The zero-order valence-electron chi connectivity index (χ0n) is 14.3. The first kappa shape index (κ1) is 19.1. The minimum Gasteiger partial charge on any atom is -0.445 e. The first-order valence-corrected chi connectivity index (χ1v) is 9.52. The van der Waals surface area contributed by atoms with E-state index in [2.05, 4.69) is 35.3 Å². The minimum absolute atomic E-state index is 0.284. The van der Waals surface area contributed by atoms with E-state index in [1.54, 1.807) is 17.8 Å². The van der Waals surface area contributed by atoms with Gasteiger partial charge in [-0.25, -0.2) is 9.98 Å². The van der Waals surface area contributed by atoms with Crippen LogP contribution in [0.25, 0.3) is 0 Å². The zero-order valence-corrected chi connectivity index (χ0v) is 16.7. The zero-order chi connectivity index (χ0) is 18.9. The molecule has 0 spiro atoms. The van der Waals surface area contributed by atoms with Gasteiger partial charge in [0, 0.05) is 18.1 Å². The van der Waals surface area contributed by atoms with Crippen LogP contribution in [0.5, 0.6) is 17.5 Å². The van der Waals surface area contributed by atoms with E-state index in [4.69, 9.17) is 9.47 Å². The summed E-state index contributed by atoms with van der Waals surface area (Å²) in [5.41, 5.74) is 3.35. The van der Waals surface area contributed by atoms with Gasteiger partial charge >= 0.3 is 6.01 Å². The molecule has 1 heterocycles. The third kappa shape index (κ3) is 6.19. The number of nitrogens with zero attached hydrogens (tertiary/aromatic N) is 4. The van der Waals surface area contributed by atoms with Gasteiger partial charge in [0.25, 0.3) is 0 Å². The quantitative estimate of drug-likeness (QED) is 0.201. The molecule has 0 unspecified atom stereocenters. The average Bonchev–Trinajstić information content (AvgIpc) is 2.67. The molecule has 2 aromatic carbocycles. The van der Waals surface area contributed by atoms with E-state index in [9.17, 15) is 0 Å². The van der Waals surface area contributed by atoms with Gasteiger partial charge in [-0.1, -0.05) is 18.2 Å². The van der Waals surface area contributed by atoms with Crippen LogP contribution in [0.15, 0.2) is 74.8 Å². The summed E-state index contributed by atoms with van der Waals surface area (Å²) in [6, 6.07) is 17.1. The second-order valence-corrected chi connectivity index (χ2v) is 6.64. The Bertz CT molecular complexity index is 951. The molecule has 0 radical (unpaired) electrons. The molecule has 0 saturated heterocycles. The smallest absolute Gasteiger partial charge is 0.322 e. The predicted molar refractivity (Wildman–Crippen MR) is 112 cm³/mol. The van der Waals surface area contributed by atoms with Crippen LogP contribution < -0.4 is 9.47 Å². The fourth-order valence-corrected chi connectivity index (χ4v) is 2.60. The van der Waals surface area contributed by atoms with Crippen LogP contribution in [0.4, 0.5) is 5.69 Å². The van der Waals surface area contributed by atoms with Gasteiger partial charge in [-0.15, -0.1) is 0 Å². The molecule has 0 atom stereocenters. The molecule has 0 aliphatic carbocycles. The number of halogens is 1. The highest BCUT2D eigenvalue weighted by Crippen LogP contribution is 2.27. The summed E-state index contributed by atoms with van der Waals surface area (Å²) in [5.74, 6) is 1.41. The maximum absolute atomic E-state index is 5.70. The van der Waals surface area contributed by atoms with Gasteiger partial charge in [0.15, 0.2) is 6.40 Å². The van der Waals surface area contributed by atoms with Crippen molar-refractivity contribution in [3.63, 3.8) is 0 Å². The summed E-state index contributed by atoms with van der Waals surface area (Å²) in [6.45, 7) is 1.94. The van der Waals surface area contributed by atoms with Crippen molar-refractivity contribution in [3.8, 4) is 17.5 Å². The van der Waals surface area contributed by atoms with E-state index in [-0.39, 0.29) is 6.01 Å². The van der Waals surface area contributed by atoms with Crippen molar-refractivity contribution in [2.75, 3.05) is 0 Å². The van der Waals surface area contributed by atoms with Crippen molar-refractivity contribution >= 4 is 45.5 Å². The molecule has 8 heteroatoms. The number of para-hydroxylation sites is 1. The highest BCUT2D eigenvalue weighted by molar-refractivity contribution is 9.10. The van der Waals surface area contributed by atoms with Gasteiger partial charge in [0.1, 0.15) is 16.1 Å². The minimum atomic E-state index is 0.284. The Kier molecular flexibility index (Phi) is 6.95. The molecule has 0 fully saturated rings. The molecular formula is C19H15BrN4O2S. The normalized spacial score (nSPS) is 11.2. The summed E-state index contributed by atoms with van der Waals surface area (Å²) >= 11 is 4.47. The molecule has 0 amide bonds. The van der Waals surface area contributed by atoms with Crippen molar-refractivity contribution in [2.45, 2.75) is 6.92 Å². The molecule has 6 nitrogen and oxygen atoms in total. The van der Waals surface area contributed by atoms with Crippen LogP contribution in [0.2, 0.25) is 0 Å². The molecular weight excluding hydrogens is 428 g/mol. The molecule has 1 aromatic heterocycles. The van der Waals surface area contributed by atoms with Crippen LogP contribution in [0.1, 0.15) is 5.56 Å². The number of benzene rings is 2. The van der Waals surface area contributed by atoms with Crippen molar-refractivity contribution in [3.05, 3.63) is 71.0 Å². The highest BCUT2D eigenvalue weighted by Gasteiger charge is 2.05. The fourth-order valence-electron chi connectivity index (χ4n) is 2.01. The Hall–Kier alpha value is -2.71. The van der Waals surface area contributed by atoms with Crippen molar-refractivity contribution in [1.82, 2.24) is 9.97 Å². The second kappa shape index (κ2) is 9.84. The van der Waals surface area contributed by atoms with Crippen LogP contribution in [-0.4, -0.2) is 21.9 Å². The topological polar surface area (TPSA) is 69.0 Å². The maximum Gasteiger partial charge on any atom is 0.322 e. The van der Waals surface area contributed by atoms with Crippen LogP contribution in [0, 0.1) is 6.92 Å². The summed E-state index contributed by atoms with van der Waals surface area (Å²) in [6.07, 6.45) is 3.01. The molecule has 3 aromatic rings. The number of aromatic nitrogens is 2. The lowest BCUT2D eigenvalue weighted by atomic mass is 10.2. The molecule has 0 aliphatic heterocycles. The van der Waals surface area contributed by atoms with Gasteiger partial charge in [0.05, 0.1) is 11.2 Å². The monoisotopic (exact) mass is 442 g/mol. The SMILES string of the molecule is Cc1cc(N=CSN=COc2ccccc2)ccc1Oc1nccc(Br)n1. The molecule has 27 heavy (non-hydrogen) atoms. The summed E-state index contributed by atoms with van der Waals surface area (Å²) < 4.78 is 15.8. The molecule has 0 bridgehead atoms. The maximum atomic E-state index is 5.70. The lowest BCUT2D eigenvalue weighted by Crippen LogP contribution is -1.93. The van der Waals surface area contributed by atoms with E-state index in [1.165, 1.54) is 18.3 Å². The summed E-state index contributed by atoms with van der Waals surface area (Å²) in [4.78, 5) is 12.6. The summed E-state index contributed by atoms with van der Waals surface area (Å²) in [5, 5.41) is 0. The molecule has 0 saturated carbocycles. The average molecular weight is 443 g/mol. The van der Waals surface area contributed by atoms with Crippen molar-refractivity contribution in [1.29, 1.82) is 0 Å². The van der Waals surface area contributed by atoms with Gasteiger partial charge in [0.2, 0.25) is 0 Å². The van der Waals surface area contributed by atoms with Gasteiger partial charge in [-0.05, 0) is 64.8 Å².